The number of pyridine rings is 1. The van der Waals surface area contributed by atoms with Gasteiger partial charge in [-0.05, 0) is 25.0 Å². The van der Waals surface area contributed by atoms with Crippen LogP contribution in [0.1, 0.15) is 24.7 Å². The number of ether oxygens (including phenoxy) is 1. The van der Waals surface area contributed by atoms with E-state index < -0.39 is 0 Å². The van der Waals surface area contributed by atoms with Crippen molar-refractivity contribution in [3.63, 3.8) is 0 Å². The summed E-state index contributed by atoms with van der Waals surface area (Å²) < 4.78 is 7.69. The van der Waals surface area contributed by atoms with Crippen LogP contribution in [0, 0.1) is 0 Å². The number of rotatable bonds is 3. The first-order valence-corrected chi connectivity index (χ1v) is 6.89. The van der Waals surface area contributed by atoms with E-state index in [9.17, 15) is 0 Å². The van der Waals surface area contributed by atoms with Crippen molar-refractivity contribution in [1.29, 1.82) is 0 Å². The predicted molar refractivity (Wildman–Crippen MR) is 71.0 cm³/mol. The van der Waals surface area contributed by atoms with Gasteiger partial charge in [-0.2, -0.15) is 0 Å². The van der Waals surface area contributed by atoms with Gasteiger partial charge in [0.1, 0.15) is 11.3 Å². The third-order valence-corrected chi connectivity index (χ3v) is 3.58. The van der Waals surface area contributed by atoms with Crippen molar-refractivity contribution >= 4 is 22.8 Å². The fraction of sp³-hybridized carbons (Fsp3) is 0.538. The minimum Gasteiger partial charge on any atom is -0.381 e. The Morgan fingerprint density at radius 3 is 3.00 bits per heavy atom. The van der Waals surface area contributed by atoms with E-state index in [0.717, 1.165) is 49.5 Å². The Balaban J connectivity index is 2.07. The summed E-state index contributed by atoms with van der Waals surface area (Å²) in [7, 11) is 0. The molecule has 1 saturated heterocycles. The van der Waals surface area contributed by atoms with Crippen molar-refractivity contribution in [2.75, 3.05) is 19.1 Å². The molecule has 2 aromatic heterocycles. The van der Waals surface area contributed by atoms with Crippen LogP contribution >= 0.6 is 11.6 Å². The van der Waals surface area contributed by atoms with E-state index in [0.29, 0.717) is 11.9 Å². The summed E-state index contributed by atoms with van der Waals surface area (Å²) in [6.45, 7) is 1.63. The van der Waals surface area contributed by atoms with Gasteiger partial charge in [-0.15, -0.1) is 11.6 Å². The van der Waals surface area contributed by atoms with Crippen LogP contribution in [0.2, 0.25) is 0 Å². The molecule has 5 heteroatoms. The molecule has 4 nitrogen and oxygen atoms in total. The van der Waals surface area contributed by atoms with Gasteiger partial charge in [0.05, 0.1) is 0 Å². The second-order valence-electron chi connectivity index (χ2n) is 4.53. The summed E-state index contributed by atoms with van der Waals surface area (Å²) in [6, 6.07) is 4.38. The van der Waals surface area contributed by atoms with Crippen molar-refractivity contribution in [3.8, 4) is 0 Å². The zero-order chi connectivity index (χ0) is 12.4. The van der Waals surface area contributed by atoms with Crippen molar-refractivity contribution in [1.82, 2.24) is 14.5 Å². The first-order valence-electron chi connectivity index (χ1n) is 6.35. The van der Waals surface area contributed by atoms with E-state index in [1.165, 1.54) is 0 Å². The molecule has 1 aliphatic rings. The highest BCUT2D eigenvalue weighted by atomic mass is 35.5. The molecular formula is C13H16ClN3O. The van der Waals surface area contributed by atoms with Crippen molar-refractivity contribution in [2.24, 2.45) is 0 Å². The highest BCUT2D eigenvalue weighted by Crippen LogP contribution is 2.27. The number of halogens is 1. The summed E-state index contributed by atoms with van der Waals surface area (Å²) in [5, 5.41) is 0. The Bertz CT molecular complexity index is 534. The summed E-state index contributed by atoms with van der Waals surface area (Å²) in [5.41, 5.74) is 1.94. The molecule has 0 radical (unpaired) electrons. The predicted octanol–water partition coefficient (Wildman–Crippen LogP) is 2.56. The summed E-state index contributed by atoms with van der Waals surface area (Å²) >= 11 is 5.88. The van der Waals surface area contributed by atoms with Crippen LogP contribution in [0.25, 0.3) is 11.2 Å². The van der Waals surface area contributed by atoms with Crippen molar-refractivity contribution in [3.05, 3.63) is 24.2 Å². The molecule has 0 spiro atoms. The second-order valence-corrected chi connectivity index (χ2v) is 4.90. The molecule has 0 aromatic carbocycles. The van der Waals surface area contributed by atoms with Crippen LogP contribution in [0.5, 0.6) is 0 Å². The highest BCUT2D eigenvalue weighted by Gasteiger charge is 2.21. The lowest BCUT2D eigenvalue weighted by molar-refractivity contribution is 0.0698. The third kappa shape index (κ3) is 2.10. The standard InChI is InChI=1S/C13H16ClN3O/c14-6-3-12-16-11-2-1-7-15-13(11)17(12)10-4-8-18-9-5-10/h1-2,7,10H,3-6,8-9H2. The summed E-state index contributed by atoms with van der Waals surface area (Å²) in [6.07, 6.45) is 4.66. The maximum atomic E-state index is 5.88. The Morgan fingerprint density at radius 2 is 2.22 bits per heavy atom. The van der Waals surface area contributed by atoms with Gasteiger partial charge >= 0.3 is 0 Å². The largest absolute Gasteiger partial charge is 0.381 e. The van der Waals surface area contributed by atoms with Crippen LogP contribution in [-0.2, 0) is 11.2 Å². The number of fused-ring (bicyclic) bond motifs is 1. The number of hydrogen-bond acceptors (Lipinski definition) is 3. The van der Waals surface area contributed by atoms with Crippen LogP contribution in [0.3, 0.4) is 0 Å². The lowest BCUT2D eigenvalue weighted by Crippen LogP contribution is -2.21. The van der Waals surface area contributed by atoms with Gasteiger partial charge in [-0.25, -0.2) is 9.97 Å². The lowest BCUT2D eigenvalue weighted by Gasteiger charge is -2.25. The maximum Gasteiger partial charge on any atom is 0.160 e. The van der Waals surface area contributed by atoms with Crippen molar-refractivity contribution in [2.45, 2.75) is 25.3 Å². The van der Waals surface area contributed by atoms with Gasteiger partial charge in [-0.3, -0.25) is 0 Å². The lowest BCUT2D eigenvalue weighted by atomic mass is 10.1. The SMILES string of the molecule is ClCCc1nc2cccnc2n1C1CCOCC1. The normalized spacial score (nSPS) is 17.4. The smallest absolute Gasteiger partial charge is 0.160 e. The van der Waals surface area contributed by atoms with Gasteiger partial charge in [0.25, 0.3) is 0 Å². The van der Waals surface area contributed by atoms with Gasteiger partial charge in [0.15, 0.2) is 5.65 Å². The molecule has 0 amide bonds. The average Bonchev–Trinajstić information content (AvgIpc) is 2.78. The molecule has 1 aliphatic heterocycles. The van der Waals surface area contributed by atoms with E-state index in [1.54, 1.807) is 0 Å². The first kappa shape index (κ1) is 11.9. The van der Waals surface area contributed by atoms with Crippen LogP contribution in [-0.4, -0.2) is 33.6 Å². The van der Waals surface area contributed by atoms with Gasteiger partial charge in [-0.1, -0.05) is 0 Å². The van der Waals surface area contributed by atoms with E-state index in [1.807, 2.05) is 18.3 Å². The maximum absolute atomic E-state index is 5.88. The van der Waals surface area contributed by atoms with Crippen molar-refractivity contribution < 1.29 is 4.74 Å². The van der Waals surface area contributed by atoms with Gasteiger partial charge < -0.3 is 9.30 Å². The van der Waals surface area contributed by atoms with E-state index in [4.69, 9.17) is 16.3 Å². The number of nitrogens with zero attached hydrogens (tertiary/aromatic N) is 3. The third-order valence-electron chi connectivity index (χ3n) is 3.40. The Hall–Kier alpha value is -1.13. The van der Waals surface area contributed by atoms with Crippen LogP contribution < -0.4 is 0 Å². The topological polar surface area (TPSA) is 39.9 Å². The number of imidazole rings is 1. The molecule has 18 heavy (non-hydrogen) atoms. The zero-order valence-electron chi connectivity index (χ0n) is 10.2. The Kier molecular flexibility index (Phi) is 3.48. The molecule has 3 rings (SSSR count). The number of alkyl halides is 1. The molecular weight excluding hydrogens is 250 g/mol. The molecule has 0 unspecified atom stereocenters. The Morgan fingerprint density at radius 1 is 1.39 bits per heavy atom. The number of aromatic nitrogens is 3. The minimum absolute atomic E-state index is 0.442. The quantitative estimate of drug-likeness (QED) is 0.801. The molecule has 0 atom stereocenters. The fourth-order valence-electron chi connectivity index (χ4n) is 2.56. The molecule has 0 aliphatic carbocycles. The molecule has 96 valence electrons. The first-order chi connectivity index (χ1) is 8.90. The molecule has 0 bridgehead atoms. The molecule has 1 fully saturated rings. The van der Waals surface area contributed by atoms with E-state index >= 15 is 0 Å². The molecule has 2 aromatic rings. The Labute approximate surface area is 111 Å². The van der Waals surface area contributed by atoms with Crippen LogP contribution in [0.15, 0.2) is 18.3 Å². The van der Waals surface area contributed by atoms with Crippen LogP contribution in [0.4, 0.5) is 0 Å². The number of hydrogen-bond donors (Lipinski definition) is 0. The molecule has 0 saturated carbocycles. The second kappa shape index (κ2) is 5.24. The number of aryl methyl sites for hydroxylation is 1. The van der Waals surface area contributed by atoms with E-state index in [-0.39, 0.29) is 0 Å². The monoisotopic (exact) mass is 265 g/mol. The summed E-state index contributed by atoms with van der Waals surface area (Å²) in [5.74, 6) is 1.64. The summed E-state index contributed by atoms with van der Waals surface area (Å²) in [4.78, 5) is 9.13. The minimum atomic E-state index is 0.442. The van der Waals surface area contributed by atoms with Gasteiger partial charge in [0.2, 0.25) is 0 Å². The van der Waals surface area contributed by atoms with E-state index in [2.05, 4.69) is 14.5 Å². The van der Waals surface area contributed by atoms with Gasteiger partial charge in [0, 0.05) is 37.8 Å². The molecule has 3 heterocycles. The average molecular weight is 266 g/mol. The highest BCUT2D eigenvalue weighted by molar-refractivity contribution is 6.17. The fourth-order valence-corrected chi connectivity index (χ4v) is 2.73. The zero-order valence-corrected chi connectivity index (χ0v) is 10.9. The molecule has 0 N–H and O–H groups in total.